The summed E-state index contributed by atoms with van der Waals surface area (Å²) in [4.78, 5) is 30.1. The van der Waals surface area contributed by atoms with Crippen LogP contribution in [0.1, 0.15) is 26.0 Å². The fourth-order valence-corrected chi connectivity index (χ4v) is 3.87. The molecule has 1 N–H and O–H groups in total. The van der Waals surface area contributed by atoms with Crippen LogP contribution in [0.25, 0.3) is 11.0 Å². The molecule has 0 atom stereocenters. The van der Waals surface area contributed by atoms with Crippen molar-refractivity contribution in [2.24, 2.45) is 0 Å². The highest BCUT2D eigenvalue weighted by Gasteiger charge is 2.18. The van der Waals surface area contributed by atoms with Crippen LogP contribution in [0.2, 0.25) is 0 Å². The van der Waals surface area contributed by atoms with Crippen LogP contribution in [-0.2, 0) is 17.9 Å². The second kappa shape index (κ2) is 9.13. The van der Waals surface area contributed by atoms with Crippen molar-refractivity contribution >= 4 is 34.4 Å². The number of amides is 1. The van der Waals surface area contributed by atoms with Crippen molar-refractivity contribution in [3.8, 4) is 5.75 Å². The van der Waals surface area contributed by atoms with E-state index in [-0.39, 0.29) is 17.2 Å². The molecule has 1 amide bonds. The Labute approximate surface area is 173 Å². The standard InChI is InChI=1S/C20H25N5O3S/c1-5-11-24-19(27)18-17(13(3)23-25(18)6-2)22-20(24)29-12-16(26)21-14-7-9-15(28-4)10-8-14/h7-10H,5-6,11-12H2,1-4H3,(H,21,26). The van der Waals surface area contributed by atoms with Crippen molar-refractivity contribution in [2.45, 2.75) is 45.4 Å². The molecule has 0 aliphatic carbocycles. The van der Waals surface area contributed by atoms with Gasteiger partial charge in [0.05, 0.1) is 18.6 Å². The first kappa shape index (κ1) is 20.9. The molecule has 3 aromatic rings. The maximum atomic E-state index is 13.1. The summed E-state index contributed by atoms with van der Waals surface area (Å²) in [6.45, 7) is 6.93. The van der Waals surface area contributed by atoms with Crippen molar-refractivity contribution in [1.82, 2.24) is 19.3 Å². The Hall–Kier alpha value is -2.81. The van der Waals surface area contributed by atoms with Crippen molar-refractivity contribution in [3.63, 3.8) is 0 Å². The number of ether oxygens (including phenoxy) is 1. The number of hydrogen-bond donors (Lipinski definition) is 1. The molecule has 29 heavy (non-hydrogen) atoms. The summed E-state index contributed by atoms with van der Waals surface area (Å²) >= 11 is 1.25. The molecule has 2 heterocycles. The third-order valence-electron chi connectivity index (χ3n) is 4.43. The van der Waals surface area contributed by atoms with Gasteiger partial charge in [0, 0.05) is 18.8 Å². The molecule has 0 aliphatic rings. The number of hydrogen-bond acceptors (Lipinski definition) is 6. The molecule has 2 aromatic heterocycles. The van der Waals surface area contributed by atoms with E-state index in [0.29, 0.717) is 40.7 Å². The van der Waals surface area contributed by atoms with E-state index in [4.69, 9.17) is 4.74 Å². The van der Waals surface area contributed by atoms with Crippen molar-refractivity contribution in [2.75, 3.05) is 18.2 Å². The summed E-state index contributed by atoms with van der Waals surface area (Å²) in [7, 11) is 1.59. The minimum atomic E-state index is -0.168. The Morgan fingerprint density at radius 1 is 1.24 bits per heavy atom. The van der Waals surface area contributed by atoms with Gasteiger partial charge in [-0.1, -0.05) is 18.7 Å². The van der Waals surface area contributed by atoms with E-state index in [9.17, 15) is 9.59 Å². The molecule has 3 rings (SSSR count). The van der Waals surface area contributed by atoms with Gasteiger partial charge < -0.3 is 10.1 Å². The van der Waals surface area contributed by atoms with Gasteiger partial charge in [0.15, 0.2) is 10.7 Å². The lowest BCUT2D eigenvalue weighted by atomic mass is 10.3. The number of aryl methyl sites for hydroxylation is 2. The number of rotatable bonds is 8. The van der Waals surface area contributed by atoms with E-state index in [1.54, 1.807) is 40.6 Å². The Kier molecular flexibility index (Phi) is 6.58. The van der Waals surface area contributed by atoms with Gasteiger partial charge in [-0.2, -0.15) is 5.10 Å². The second-order valence-electron chi connectivity index (χ2n) is 6.51. The molecule has 0 unspecified atom stereocenters. The number of nitrogens with zero attached hydrogens (tertiary/aromatic N) is 4. The molecule has 0 fully saturated rings. The van der Waals surface area contributed by atoms with Crippen LogP contribution < -0.4 is 15.6 Å². The number of aromatic nitrogens is 4. The molecule has 0 spiro atoms. The number of methoxy groups -OCH3 is 1. The van der Waals surface area contributed by atoms with Crippen molar-refractivity contribution in [3.05, 3.63) is 40.3 Å². The van der Waals surface area contributed by atoms with E-state index in [2.05, 4.69) is 15.4 Å². The third kappa shape index (κ3) is 4.45. The Balaban J connectivity index is 1.82. The number of fused-ring (bicyclic) bond motifs is 1. The van der Waals surface area contributed by atoms with Crippen LogP contribution in [0.4, 0.5) is 5.69 Å². The molecule has 0 radical (unpaired) electrons. The number of benzene rings is 1. The summed E-state index contributed by atoms with van der Waals surface area (Å²) in [6.07, 6.45) is 0.790. The van der Waals surface area contributed by atoms with E-state index in [1.807, 2.05) is 20.8 Å². The number of carbonyl (C=O) groups is 1. The van der Waals surface area contributed by atoms with Gasteiger partial charge in [0.25, 0.3) is 5.56 Å². The monoisotopic (exact) mass is 415 g/mol. The zero-order chi connectivity index (χ0) is 21.0. The Morgan fingerprint density at radius 3 is 2.59 bits per heavy atom. The van der Waals surface area contributed by atoms with Crippen LogP contribution in [0.5, 0.6) is 5.75 Å². The number of thioether (sulfide) groups is 1. The fraction of sp³-hybridized carbons (Fsp3) is 0.400. The van der Waals surface area contributed by atoms with E-state index in [0.717, 1.165) is 12.2 Å². The topological polar surface area (TPSA) is 91.0 Å². The van der Waals surface area contributed by atoms with Gasteiger partial charge in [-0.3, -0.25) is 18.8 Å². The van der Waals surface area contributed by atoms with Gasteiger partial charge in [0.2, 0.25) is 5.91 Å². The maximum absolute atomic E-state index is 13.1. The smallest absolute Gasteiger partial charge is 0.280 e. The summed E-state index contributed by atoms with van der Waals surface area (Å²) in [6, 6.07) is 7.12. The SMILES string of the molecule is CCCn1c(SCC(=O)Nc2ccc(OC)cc2)nc2c(C)nn(CC)c2c1=O. The van der Waals surface area contributed by atoms with E-state index in [1.165, 1.54) is 11.8 Å². The summed E-state index contributed by atoms with van der Waals surface area (Å²) < 4.78 is 8.45. The normalized spacial score (nSPS) is 11.0. The van der Waals surface area contributed by atoms with Crippen molar-refractivity contribution in [1.29, 1.82) is 0 Å². The average molecular weight is 416 g/mol. The van der Waals surface area contributed by atoms with Gasteiger partial charge in [-0.25, -0.2) is 4.98 Å². The molecule has 0 aliphatic heterocycles. The molecule has 9 heteroatoms. The van der Waals surface area contributed by atoms with Gasteiger partial charge in [-0.05, 0) is 44.5 Å². The largest absolute Gasteiger partial charge is 0.497 e. The van der Waals surface area contributed by atoms with Gasteiger partial charge in [-0.15, -0.1) is 0 Å². The zero-order valence-corrected chi connectivity index (χ0v) is 17.9. The summed E-state index contributed by atoms with van der Waals surface area (Å²) in [5.41, 5.74) is 2.41. The third-order valence-corrected chi connectivity index (χ3v) is 5.41. The van der Waals surface area contributed by atoms with Crippen molar-refractivity contribution < 1.29 is 9.53 Å². The van der Waals surface area contributed by atoms with E-state index < -0.39 is 0 Å². The minimum absolute atomic E-state index is 0.114. The molecule has 154 valence electrons. The molecular weight excluding hydrogens is 390 g/mol. The van der Waals surface area contributed by atoms with E-state index >= 15 is 0 Å². The molecule has 8 nitrogen and oxygen atoms in total. The van der Waals surface area contributed by atoms with Gasteiger partial charge >= 0.3 is 0 Å². The lowest BCUT2D eigenvalue weighted by Gasteiger charge is -2.12. The molecule has 0 saturated heterocycles. The quantitative estimate of drug-likeness (QED) is 0.449. The van der Waals surface area contributed by atoms with Gasteiger partial charge in [0.1, 0.15) is 11.3 Å². The molecular formula is C20H25N5O3S. The molecule has 0 saturated carbocycles. The molecule has 0 bridgehead atoms. The highest BCUT2D eigenvalue weighted by atomic mass is 32.2. The zero-order valence-electron chi connectivity index (χ0n) is 17.1. The van der Waals surface area contributed by atoms with Crippen LogP contribution in [0, 0.1) is 6.92 Å². The van der Waals surface area contributed by atoms with Crippen LogP contribution >= 0.6 is 11.8 Å². The predicted octanol–water partition coefficient (Wildman–Crippen LogP) is 3.07. The molecule has 1 aromatic carbocycles. The first-order valence-electron chi connectivity index (χ1n) is 9.53. The lowest BCUT2D eigenvalue weighted by molar-refractivity contribution is -0.113. The fourth-order valence-electron chi connectivity index (χ4n) is 3.05. The number of nitrogens with one attached hydrogen (secondary N) is 1. The average Bonchev–Trinajstić information content (AvgIpc) is 3.05. The Morgan fingerprint density at radius 2 is 1.97 bits per heavy atom. The number of carbonyl (C=O) groups excluding carboxylic acids is 1. The highest BCUT2D eigenvalue weighted by molar-refractivity contribution is 7.99. The summed E-state index contributed by atoms with van der Waals surface area (Å²) in [5, 5.41) is 7.80. The number of anilines is 1. The highest BCUT2D eigenvalue weighted by Crippen LogP contribution is 2.21. The lowest BCUT2D eigenvalue weighted by Crippen LogP contribution is -2.25. The van der Waals surface area contributed by atoms with Crippen LogP contribution in [0.15, 0.2) is 34.2 Å². The second-order valence-corrected chi connectivity index (χ2v) is 7.46. The Bertz CT molecular complexity index is 1070. The predicted molar refractivity (Wildman–Crippen MR) is 115 cm³/mol. The first-order chi connectivity index (χ1) is 14.0. The minimum Gasteiger partial charge on any atom is -0.497 e. The van der Waals surface area contributed by atoms with Crippen LogP contribution in [0.3, 0.4) is 0 Å². The summed E-state index contributed by atoms with van der Waals surface area (Å²) in [5.74, 6) is 0.703. The van der Waals surface area contributed by atoms with Crippen LogP contribution in [-0.4, -0.2) is 38.1 Å². The maximum Gasteiger partial charge on any atom is 0.280 e. The first-order valence-corrected chi connectivity index (χ1v) is 10.5.